The van der Waals surface area contributed by atoms with E-state index in [0.717, 1.165) is 18.4 Å². The van der Waals surface area contributed by atoms with E-state index in [2.05, 4.69) is 26.0 Å². The fourth-order valence-electron chi connectivity index (χ4n) is 4.88. The molecule has 35 heavy (non-hydrogen) atoms. The minimum Gasteiger partial charge on any atom is -0.467 e. The van der Waals surface area contributed by atoms with Gasteiger partial charge in [-0.05, 0) is 24.5 Å². The summed E-state index contributed by atoms with van der Waals surface area (Å²) in [5.41, 5.74) is 13.6. The molecule has 1 spiro atoms. The number of aromatic nitrogens is 4. The van der Waals surface area contributed by atoms with Gasteiger partial charge < -0.3 is 31.1 Å². The number of anilines is 4. The number of pyridine rings is 1. The molecule has 3 aromatic rings. The van der Waals surface area contributed by atoms with Gasteiger partial charge in [-0.3, -0.25) is 0 Å². The predicted octanol–water partition coefficient (Wildman–Crippen LogP) is 1.21. The highest BCUT2D eigenvalue weighted by molar-refractivity contribution is 7.16. The molecule has 182 valence electrons. The third kappa shape index (κ3) is 3.84. The van der Waals surface area contributed by atoms with Crippen LogP contribution in [0.3, 0.4) is 0 Å². The van der Waals surface area contributed by atoms with Crippen LogP contribution in [0.5, 0.6) is 6.01 Å². The standard InChI is InChI=1S/C22H24FN9O2S/c1-34-21-29-19(31(6-7-33)9-13-14(23)3-5-27-17(13)25)28-20(30-21)32-10-22(11-32)4-2-15-16(22)12(8-24)18(26)35-15/h3,5,33H,2,4,6-7,9-11,26H2,1H3,(H2,25,27). The molecule has 0 unspecified atom stereocenters. The molecular formula is C22H24FN9O2S. The maximum atomic E-state index is 14.4. The highest BCUT2D eigenvalue weighted by Crippen LogP contribution is 2.52. The average molecular weight is 498 g/mol. The molecular weight excluding hydrogens is 473 g/mol. The van der Waals surface area contributed by atoms with Crippen LogP contribution in [0.25, 0.3) is 0 Å². The van der Waals surface area contributed by atoms with Gasteiger partial charge in [0.1, 0.15) is 22.7 Å². The van der Waals surface area contributed by atoms with Crippen LogP contribution in [0.4, 0.5) is 27.1 Å². The predicted molar refractivity (Wildman–Crippen MR) is 129 cm³/mol. The Balaban J connectivity index is 1.44. The van der Waals surface area contributed by atoms with E-state index in [1.807, 2.05) is 4.90 Å². The molecule has 2 aliphatic rings. The lowest BCUT2D eigenvalue weighted by Gasteiger charge is -2.48. The molecule has 3 aromatic heterocycles. The Bertz CT molecular complexity index is 1300. The summed E-state index contributed by atoms with van der Waals surface area (Å²) < 4.78 is 19.7. The Labute approximate surface area is 204 Å². The molecule has 0 saturated carbocycles. The van der Waals surface area contributed by atoms with Crippen LogP contribution >= 0.6 is 11.3 Å². The molecule has 0 radical (unpaired) electrons. The minimum atomic E-state index is -0.508. The highest BCUT2D eigenvalue weighted by Gasteiger charge is 2.52. The van der Waals surface area contributed by atoms with E-state index in [0.29, 0.717) is 29.6 Å². The zero-order valence-electron chi connectivity index (χ0n) is 19.0. The van der Waals surface area contributed by atoms with Crippen molar-refractivity contribution in [2.75, 3.05) is 54.6 Å². The number of thiophene rings is 1. The van der Waals surface area contributed by atoms with Crippen molar-refractivity contribution < 1.29 is 14.2 Å². The lowest BCUT2D eigenvalue weighted by Crippen LogP contribution is -2.59. The smallest absolute Gasteiger partial charge is 0.322 e. The number of hydrogen-bond acceptors (Lipinski definition) is 12. The summed E-state index contributed by atoms with van der Waals surface area (Å²) in [7, 11) is 1.45. The van der Waals surface area contributed by atoms with Gasteiger partial charge in [-0.1, -0.05) is 0 Å². The van der Waals surface area contributed by atoms with Gasteiger partial charge in [0.05, 0.1) is 25.8 Å². The maximum Gasteiger partial charge on any atom is 0.322 e. The van der Waals surface area contributed by atoms with E-state index in [4.69, 9.17) is 16.2 Å². The second-order valence-electron chi connectivity index (χ2n) is 8.61. The summed E-state index contributed by atoms with van der Waals surface area (Å²) in [6, 6.07) is 3.59. The van der Waals surface area contributed by atoms with Crippen LogP contribution < -0.4 is 26.0 Å². The molecule has 1 aliphatic carbocycles. The zero-order chi connectivity index (χ0) is 24.7. The van der Waals surface area contributed by atoms with Crippen molar-refractivity contribution >= 4 is 34.1 Å². The quantitative estimate of drug-likeness (QED) is 0.430. The average Bonchev–Trinajstić information content (AvgIpc) is 3.34. The SMILES string of the molecule is COc1nc(N(CCO)Cc2c(F)ccnc2N)nc(N2CC3(CCc4sc(N)c(C#N)c43)C2)n1. The molecule has 0 atom stereocenters. The lowest BCUT2D eigenvalue weighted by molar-refractivity contribution is 0.299. The Morgan fingerprint density at radius 3 is 2.83 bits per heavy atom. The zero-order valence-corrected chi connectivity index (χ0v) is 19.8. The summed E-state index contributed by atoms with van der Waals surface area (Å²) >= 11 is 1.50. The number of fused-ring (bicyclic) bond motifs is 2. The first kappa shape index (κ1) is 23.0. The number of nitrogens with zero attached hydrogens (tertiary/aromatic N) is 7. The number of ether oxygens (including phenoxy) is 1. The van der Waals surface area contributed by atoms with Crippen LogP contribution in [-0.4, -0.2) is 58.4 Å². The maximum absolute atomic E-state index is 14.4. The number of aliphatic hydroxyl groups is 1. The topological polar surface area (TPSA) is 163 Å². The molecule has 1 fully saturated rings. The summed E-state index contributed by atoms with van der Waals surface area (Å²) in [6.07, 6.45) is 3.13. The van der Waals surface area contributed by atoms with Gasteiger partial charge in [-0.2, -0.15) is 20.2 Å². The van der Waals surface area contributed by atoms with Crippen molar-refractivity contribution in [1.29, 1.82) is 5.26 Å². The molecule has 5 N–H and O–H groups in total. The molecule has 0 aromatic carbocycles. The van der Waals surface area contributed by atoms with Crippen LogP contribution in [-0.2, 0) is 18.4 Å². The molecule has 4 heterocycles. The largest absolute Gasteiger partial charge is 0.467 e. The summed E-state index contributed by atoms with van der Waals surface area (Å²) in [6.45, 7) is 1.18. The Morgan fingerprint density at radius 1 is 1.34 bits per heavy atom. The minimum absolute atomic E-state index is 0.00564. The first-order valence-corrected chi connectivity index (χ1v) is 11.8. The number of aryl methyl sites for hydroxylation is 1. The highest BCUT2D eigenvalue weighted by atomic mass is 32.1. The molecule has 1 aliphatic heterocycles. The van der Waals surface area contributed by atoms with E-state index >= 15 is 0 Å². The first-order chi connectivity index (χ1) is 16.9. The lowest BCUT2D eigenvalue weighted by atomic mass is 9.74. The third-order valence-electron chi connectivity index (χ3n) is 6.56. The summed E-state index contributed by atoms with van der Waals surface area (Å²) in [4.78, 5) is 22.1. The number of methoxy groups -OCH3 is 1. The molecule has 13 heteroatoms. The molecule has 11 nitrogen and oxygen atoms in total. The second-order valence-corrected chi connectivity index (χ2v) is 9.75. The van der Waals surface area contributed by atoms with Gasteiger partial charge in [0.2, 0.25) is 11.9 Å². The second kappa shape index (κ2) is 8.79. The van der Waals surface area contributed by atoms with Crippen LogP contribution in [0.1, 0.15) is 28.0 Å². The van der Waals surface area contributed by atoms with E-state index in [9.17, 15) is 14.8 Å². The molecule has 0 bridgehead atoms. The summed E-state index contributed by atoms with van der Waals surface area (Å²) in [5, 5.41) is 19.8. The van der Waals surface area contributed by atoms with Gasteiger partial charge >= 0.3 is 6.01 Å². The number of halogens is 1. The third-order valence-corrected chi connectivity index (χ3v) is 7.64. The van der Waals surface area contributed by atoms with Crippen molar-refractivity contribution in [3.05, 3.63) is 39.6 Å². The van der Waals surface area contributed by atoms with Gasteiger partial charge in [-0.15, -0.1) is 11.3 Å². The molecule has 5 rings (SSSR count). The van der Waals surface area contributed by atoms with E-state index in [1.165, 1.54) is 35.6 Å². The van der Waals surface area contributed by atoms with E-state index in [-0.39, 0.29) is 48.5 Å². The normalized spacial score (nSPS) is 15.5. The van der Waals surface area contributed by atoms with Gasteiger partial charge in [0.15, 0.2) is 0 Å². The Hall–Kier alpha value is -3.76. The van der Waals surface area contributed by atoms with Crippen LogP contribution in [0, 0.1) is 17.1 Å². The van der Waals surface area contributed by atoms with Crippen molar-refractivity contribution in [2.24, 2.45) is 0 Å². The number of nitriles is 1. The Kier molecular flexibility index (Phi) is 5.78. The number of aliphatic hydroxyl groups excluding tert-OH is 1. The van der Waals surface area contributed by atoms with Gasteiger partial charge in [0, 0.05) is 41.7 Å². The number of nitrogen functional groups attached to an aromatic ring is 2. The fourth-order valence-corrected chi connectivity index (χ4v) is 6.02. The van der Waals surface area contributed by atoms with Crippen LogP contribution in [0.15, 0.2) is 12.3 Å². The van der Waals surface area contributed by atoms with E-state index < -0.39 is 5.82 Å². The monoisotopic (exact) mass is 497 g/mol. The number of hydrogen-bond donors (Lipinski definition) is 3. The summed E-state index contributed by atoms with van der Waals surface area (Å²) in [5.74, 6) is 0.162. The van der Waals surface area contributed by atoms with Gasteiger partial charge in [0.25, 0.3) is 0 Å². The van der Waals surface area contributed by atoms with Crippen LogP contribution in [0.2, 0.25) is 0 Å². The van der Waals surface area contributed by atoms with Crippen molar-refractivity contribution in [1.82, 2.24) is 19.9 Å². The molecule has 1 saturated heterocycles. The number of rotatable bonds is 7. The number of nitrogens with two attached hydrogens (primary N) is 2. The van der Waals surface area contributed by atoms with Crippen molar-refractivity contribution in [3.63, 3.8) is 0 Å². The van der Waals surface area contributed by atoms with E-state index in [1.54, 1.807) is 4.90 Å². The van der Waals surface area contributed by atoms with Crippen molar-refractivity contribution in [3.8, 4) is 12.1 Å². The molecule has 0 amide bonds. The Morgan fingerprint density at radius 2 is 2.14 bits per heavy atom. The fraction of sp³-hybridized carbons (Fsp3) is 0.409. The first-order valence-electron chi connectivity index (χ1n) is 11.0. The van der Waals surface area contributed by atoms with Crippen molar-refractivity contribution in [2.45, 2.75) is 24.8 Å². The van der Waals surface area contributed by atoms with Gasteiger partial charge in [-0.25, -0.2) is 9.37 Å².